The number of nitrogens with one attached hydrogen (secondary N) is 1. The van der Waals surface area contributed by atoms with E-state index in [1.807, 2.05) is 24.5 Å². The highest BCUT2D eigenvalue weighted by atomic mass is 19.1. The first kappa shape index (κ1) is 21.6. The van der Waals surface area contributed by atoms with Crippen molar-refractivity contribution in [2.75, 3.05) is 6.61 Å². The Morgan fingerprint density at radius 2 is 2.06 bits per heavy atom. The number of halogens is 2. The summed E-state index contributed by atoms with van der Waals surface area (Å²) < 4.78 is 37.7. The number of H-pyrrole nitrogens is 1. The number of nitrogens with zero attached hydrogens (tertiary/aromatic N) is 2. The van der Waals surface area contributed by atoms with Crippen molar-refractivity contribution in [2.24, 2.45) is 0 Å². The van der Waals surface area contributed by atoms with E-state index in [2.05, 4.69) is 10.2 Å². The Hall–Kier alpha value is -3.26. The molecule has 0 bridgehead atoms. The maximum atomic E-state index is 16.0. The van der Waals surface area contributed by atoms with E-state index in [1.165, 1.54) is 6.07 Å². The predicted molar refractivity (Wildman–Crippen MR) is 121 cm³/mol. The maximum Gasteiger partial charge on any atom is 0.332 e. The monoisotopic (exact) mass is 453 g/mol. The Kier molecular flexibility index (Phi) is 5.20. The van der Waals surface area contributed by atoms with Crippen LogP contribution in [0, 0.1) is 18.6 Å². The summed E-state index contributed by atoms with van der Waals surface area (Å²) in [5.41, 5.74) is 3.98. The fourth-order valence-electron chi connectivity index (χ4n) is 5.05. The SMILES string of the molecule is Cc1cc(-n2c(C(C)C)c([C@H]3CC[C@H](C(=O)O)OC3)c3c(F)c4[nH]ncc4cc32)ccc1F. The fourth-order valence-corrected chi connectivity index (χ4v) is 5.05. The van der Waals surface area contributed by atoms with E-state index in [4.69, 9.17) is 4.74 Å². The molecular weight excluding hydrogens is 428 g/mol. The van der Waals surface area contributed by atoms with Gasteiger partial charge in [-0.15, -0.1) is 0 Å². The Morgan fingerprint density at radius 1 is 1.27 bits per heavy atom. The van der Waals surface area contributed by atoms with Crippen LogP contribution in [0.2, 0.25) is 0 Å². The second-order valence-electron chi connectivity index (χ2n) is 9.08. The number of aromatic amines is 1. The van der Waals surface area contributed by atoms with Gasteiger partial charge in [0.2, 0.25) is 0 Å². The molecule has 0 spiro atoms. The fraction of sp³-hybridized carbons (Fsp3) is 0.360. The van der Waals surface area contributed by atoms with Crippen molar-refractivity contribution in [1.82, 2.24) is 14.8 Å². The van der Waals surface area contributed by atoms with Gasteiger partial charge in [0.25, 0.3) is 0 Å². The number of ether oxygens (including phenoxy) is 1. The molecule has 2 aromatic carbocycles. The number of carbonyl (C=O) groups is 1. The zero-order valence-corrected chi connectivity index (χ0v) is 18.7. The van der Waals surface area contributed by atoms with Crippen LogP contribution in [0.4, 0.5) is 8.78 Å². The zero-order valence-electron chi connectivity index (χ0n) is 18.7. The molecule has 1 aliphatic heterocycles. The Balaban J connectivity index is 1.82. The van der Waals surface area contributed by atoms with Gasteiger partial charge >= 0.3 is 5.97 Å². The van der Waals surface area contributed by atoms with E-state index in [-0.39, 0.29) is 24.3 Å². The molecule has 0 aliphatic carbocycles. The van der Waals surface area contributed by atoms with Gasteiger partial charge in [0, 0.05) is 28.1 Å². The van der Waals surface area contributed by atoms with Crippen LogP contribution < -0.4 is 0 Å². The van der Waals surface area contributed by atoms with Crippen LogP contribution in [0.1, 0.15) is 55.3 Å². The second-order valence-corrected chi connectivity index (χ2v) is 9.08. The molecule has 2 N–H and O–H groups in total. The number of fused-ring (bicyclic) bond motifs is 2. The van der Waals surface area contributed by atoms with Gasteiger partial charge in [0.05, 0.1) is 18.3 Å². The number of rotatable bonds is 4. The lowest BCUT2D eigenvalue weighted by molar-refractivity contribution is -0.153. The first-order chi connectivity index (χ1) is 15.8. The highest BCUT2D eigenvalue weighted by Crippen LogP contribution is 2.44. The minimum absolute atomic E-state index is 0.0193. The molecular formula is C25H25F2N3O3. The van der Waals surface area contributed by atoms with Crippen molar-refractivity contribution in [1.29, 1.82) is 0 Å². The third-order valence-corrected chi connectivity index (χ3v) is 6.59. The molecule has 0 radical (unpaired) electrons. The van der Waals surface area contributed by atoms with Gasteiger partial charge in [-0.3, -0.25) is 5.10 Å². The summed E-state index contributed by atoms with van der Waals surface area (Å²) in [7, 11) is 0. The van der Waals surface area contributed by atoms with Gasteiger partial charge in [-0.25, -0.2) is 13.6 Å². The minimum Gasteiger partial charge on any atom is -0.479 e. The lowest BCUT2D eigenvalue weighted by Crippen LogP contribution is -2.31. The zero-order chi connectivity index (χ0) is 23.4. The molecule has 1 saturated heterocycles. The smallest absolute Gasteiger partial charge is 0.332 e. The van der Waals surface area contributed by atoms with E-state index < -0.39 is 17.9 Å². The van der Waals surface area contributed by atoms with Gasteiger partial charge in [0.15, 0.2) is 11.9 Å². The van der Waals surface area contributed by atoms with Gasteiger partial charge < -0.3 is 14.4 Å². The van der Waals surface area contributed by atoms with Crippen molar-refractivity contribution in [3.8, 4) is 5.69 Å². The van der Waals surface area contributed by atoms with Crippen LogP contribution in [-0.4, -0.2) is 38.6 Å². The molecule has 0 amide bonds. The number of benzene rings is 2. The Labute approximate surface area is 189 Å². The standard InChI is InChI=1S/C25H25F2N3O3/c1-12(2)24-20(14-4-7-19(25(31)32)33-11-14)21-18(9-15-10-28-29-23(15)22(21)27)30(24)16-5-6-17(26)13(3)8-16/h5-6,8-10,12,14,19H,4,7,11H2,1-3H3,(H,28,29)(H,31,32)/t14-,19+/m0/s1. The predicted octanol–water partition coefficient (Wildman–Crippen LogP) is 5.56. The van der Waals surface area contributed by atoms with Crippen molar-refractivity contribution in [3.63, 3.8) is 0 Å². The molecule has 3 heterocycles. The van der Waals surface area contributed by atoms with Gasteiger partial charge in [0.1, 0.15) is 11.3 Å². The molecule has 6 nitrogen and oxygen atoms in total. The molecule has 2 atom stereocenters. The number of carboxylic acids is 1. The van der Waals surface area contributed by atoms with E-state index in [0.29, 0.717) is 40.2 Å². The summed E-state index contributed by atoms with van der Waals surface area (Å²) in [6.07, 6.45) is 1.66. The summed E-state index contributed by atoms with van der Waals surface area (Å²) in [6, 6.07) is 6.79. The van der Waals surface area contributed by atoms with Gasteiger partial charge in [-0.2, -0.15) is 5.10 Å². The largest absolute Gasteiger partial charge is 0.479 e. The summed E-state index contributed by atoms with van der Waals surface area (Å²) in [5.74, 6) is -1.82. The molecule has 8 heteroatoms. The third kappa shape index (κ3) is 3.40. The second kappa shape index (κ2) is 7.95. The third-order valence-electron chi connectivity index (χ3n) is 6.59. The maximum absolute atomic E-state index is 16.0. The first-order valence-electron chi connectivity index (χ1n) is 11.1. The van der Waals surface area contributed by atoms with Crippen LogP contribution in [0.25, 0.3) is 27.5 Å². The molecule has 0 saturated carbocycles. The molecule has 0 unspecified atom stereocenters. The molecule has 1 fully saturated rings. The van der Waals surface area contributed by atoms with Crippen LogP contribution >= 0.6 is 0 Å². The van der Waals surface area contributed by atoms with Crippen LogP contribution in [0.3, 0.4) is 0 Å². The van der Waals surface area contributed by atoms with E-state index in [0.717, 1.165) is 16.9 Å². The lowest BCUT2D eigenvalue weighted by atomic mass is 9.86. The lowest BCUT2D eigenvalue weighted by Gasteiger charge is -2.28. The van der Waals surface area contributed by atoms with Crippen molar-refractivity contribution in [3.05, 3.63) is 58.9 Å². The molecule has 33 heavy (non-hydrogen) atoms. The van der Waals surface area contributed by atoms with Crippen molar-refractivity contribution in [2.45, 2.75) is 51.6 Å². The first-order valence-corrected chi connectivity index (χ1v) is 11.1. The number of aryl methyl sites for hydroxylation is 1. The van der Waals surface area contributed by atoms with Crippen molar-refractivity contribution >= 4 is 27.8 Å². The minimum atomic E-state index is -0.980. The Morgan fingerprint density at radius 3 is 2.70 bits per heavy atom. The highest BCUT2D eigenvalue weighted by Gasteiger charge is 2.34. The number of carboxylic acid groups (broad SMARTS) is 1. The summed E-state index contributed by atoms with van der Waals surface area (Å²) in [6.45, 7) is 5.98. The normalized spacial score (nSPS) is 19.1. The average Bonchev–Trinajstić information content (AvgIpc) is 3.39. The number of aliphatic carboxylic acids is 1. The quantitative estimate of drug-likeness (QED) is 0.424. The molecule has 1 aliphatic rings. The topological polar surface area (TPSA) is 80.1 Å². The number of aromatic nitrogens is 3. The number of hydrogen-bond acceptors (Lipinski definition) is 3. The summed E-state index contributed by atoms with van der Waals surface area (Å²) in [4.78, 5) is 11.4. The van der Waals surface area contributed by atoms with Gasteiger partial charge in [-0.05, 0) is 61.1 Å². The Bertz CT molecular complexity index is 1380. The molecule has 2 aromatic heterocycles. The molecule has 172 valence electrons. The van der Waals surface area contributed by atoms with Crippen LogP contribution in [0.5, 0.6) is 0 Å². The molecule has 5 rings (SSSR count). The molecule has 4 aromatic rings. The highest BCUT2D eigenvalue weighted by molar-refractivity contribution is 5.99. The van der Waals surface area contributed by atoms with Crippen LogP contribution in [-0.2, 0) is 9.53 Å². The van der Waals surface area contributed by atoms with E-state index in [1.54, 1.807) is 25.3 Å². The van der Waals surface area contributed by atoms with E-state index in [9.17, 15) is 14.3 Å². The summed E-state index contributed by atoms with van der Waals surface area (Å²) in [5, 5.41) is 17.2. The van der Waals surface area contributed by atoms with Gasteiger partial charge in [-0.1, -0.05) is 13.8 Å². The van der Waals surface area contributed by atoms with E-state index >= 15 is 4.39 Å². The number of hydrogen-bond donors (Lipinski definition) is 2. The summed E-state index contributed by atoms with van der Waals surface area (Å²) >= 11 is 0. The van der Waals surface area contributed by atoms with Crippen LogP contribution in [0.15, 0.2) is 30.5 Å². The van der Waals surface area contributed by atoms with Crippen molar-refractivity contribution < 1.29 is 23.4 Å². The average molecular weight is 453 g/mol.